The summed E-state index contributed by atoms with van der Waals surface area (Å²) in [5, 5.41) is 16.2. The molecule has 2 aromatic rings. The van der Waals surface area contributed by atoms with E-state index < -0.39 is 4.92 Å². The van der Waals surface area contributed by atoms with Gasteiger partial charge in [0.25, 0.3) is 5.69 Å². The number of hydrogen-bond acceptors (Lipinski definition) is 6. The number of carbonyl (C=O) groups is 1. The number of amides is 1. The molecule has 2 rings (SSSR count). The molecule has 1 aromatic carbocycles. The lowest BCUT2D eigenvalue weighted by molar-refractivity contribution is -0.384. The molecule has 116 valence electrons. The Morgan fingerprint density at radius 1 is 1.41 bits per heavy atom. The lowest BCUT2D eigenvalue weighted by Crippen LogP contribution is -2.26. The van der Waals surface area contributed by atoms with Crippen LogP contribution in [-0.4, -0.2) is 29.4 Å². The number of nitrogens with zero attached hydrogens (tertiary/aromatic N) is 3. The minimum atomic E-state index is -0.434. The molecule has 0 aliphatic carbocycles. The number of hydrogen-bond donors (Lipinski definition) is 1. The number of aromatic nitrogens is 1. The van der Waals surface area contributed by atoms with Crippen LogP contribution < -0.4 is 10.2 Å². The summed E-state index contributed by atoms with van der Waals surface area (Å²) in [6.07, 6.45) is 2.75. The molecule has 8 heteroatoms. The van der Waals surface area contributed by atoms with E-state index in [0.29, 0.717) is 24.5 Å². The smallest absolute Gasteiger partial charge is 0.269 e. The Bertz CT molecular complexity index is 628. The van der Waals surface area contributed by atoms with Gasteiger partial charge in [-0.15, -0.1) is 11.3 Å². The number of nitrogens with one attached hydrogen (secondary N) is 1. The van der Waals surface area contributed by atoms with Crippen molar-refractivity contribution in [3.63, 3.8) is 0 Å². The van der Waals surface area contributed by atoms with Crippen molar-refractivity contribution in [1.29, 1.82) is 0 Å². The van der Waals surface area contributed by atoms with E-state index >= 15 is 0 Å². The average molecular weight is 320 g/mol. The standard InChI is InChI=1S/C14H16N4O3S/c1-17(14-16-9-10-22-14)13(19)3-2-8-15-11-4-6-12(7-5-11)18(20)21/h4-7,9-10,15H,2-3,8H2,1H3. The molecule has 1 amide bonds. The maximum absolute atomic E-state index is 12.0. The molecule has 0 atom stereocenters. The minimum Gasteiger partial charge on any atom is -0.385 e. The third-order valence-corrected chi connectivity index (χ3v) is 3.90. The van der Waals surface area contributed by atoms with Gasteiger partial charge >= 0.3 is 0 Å². The maximum atomic E-state index is 12.0. The number of anilines is 2. The van der Waals surface area contributed by atoms with Gasteiger partial charge in [0.2, 0.25) is 5.91 Å². The molecule has 22 heavy (non-hydrogen) atoms. The van der Waals surface area contributed by atoms with E-state index in [0.717, 1.165) is 5.69 Å². The Balaban J connectivity index is 1.72. The van der Waals surface area contributed by atoms with E-state index in [1.165, 1.54) is 23.5 Å². The number of non-ortho nitro benzene ring substituents is 1. The summed E-state index contributed by atoms with van der Waals surface area (Å²) in [6, 6.07) is 6.21. The van der Waals surface area contributed by atoms with Gasteiger partial charge in [0, 0.05) is 49.4 Å². The van der Waals surface area contributed by atoms with Gasteiger partial charge in [-0.05, 0) is 18.6 Å². The fourth-order valence-electron chi connectivity index (χ4n) is 1.83. The van der Waals surface area contributed by atoms with Crippen LogP contribution in [0.15, 0.2) is 35.8 Å². The third kappa shape index (κ3) is 4.26. The van der Waals surface area contributed by atoms with Crippen LogP contribution in [0.25, 0.3) is 0 Å². The number of nitro groups is 1. The van der Waals surface area contributed by atoms with Gasteiger partial charge in [0.1, 0.15) is 0 Å². The van der Waals surface area contributed by atoms with E-state index in [-0.39, 0.29) is 11.6 Å². The largest absolute Gasteiger partial charge is 0.385 e. The Hall–Kier alpha value is -2.48. The molecular formula is C14H16N4O3S. The second-order valence-electron chi connectivity index (χ2n) is 4.60. The van der Waals surface area contributed by atoms with Crippen molar-refractivity contribution in [2.75, 3.05) is 23.8 Å². The summed E-state index contributed by atoms with van der Waals surface area (Å²) >= 11 is 1.42. The summed E-state index contributed by atoms with van der Waals surface area (Å²) < 4.78 is 0. The molecule has 7 nitrogen and oxygen atoms in total. The van der Waals surface area contributed by atoms with Crippen molar-refractivity contribution < 1.29 is 9.72 Å². The minimum absolute atomic E-state index is 0.0143. The molecule has 0 saturated carbocycles. The highest BCUT2D eigenvalue weighted by Crippen LogP contribution is 2.17. The van der Waals surface area contributed by atoms with E-state index in [9.17, 15) is 14.9 Å². The third-order valence-electron chi connectivity index (χ3n) is 3.05. The summed E-state index contributed by atoms with van der Waals surface area (Å²) in [7, 11) is 1.71. The van der Waals surface area contributed by atoms with E-state index in [2.05, 4.69) is 10.3 Å². The van der Waals surface area contributed by atoms with Crippen molar-refractivity contribution in [1.82, 2.24) is 4.98 Å². The predicted octanol–water partition coefficient (Wildman–Crippen LogP) is 2.91. The molecule has 1 heterocycles. The molecule has 0 unspecified atom stereocenters. The van der Waals surface area contributed by atoms with Crippen LogP contribution in [-0.2, 0) is 4.79 Å². The molecule has 0 aliphatic heterocycles. The van der Waals surface area contributed by atoms with Gasteiger partial charge in [0.05, 0.1) is 4.92 Å². The zero-order valence-electron chi connectivity index (χ0n) is 12.1. The molecule has 0 aliphatic rings. The highest BCUT2D eigenvalue weighted by molar-refractivity contribution is 7.13. The van der Waals surface area contributed by atoms with Crippen LogP contribution in [0.4, 0.5) is 16.5 Å². The zero-order valence-corrected chi connectivity index (χ0v) is 12.9. The SMILES string of the molecule is CN(C(=O)CCCNc1ccc([N+](=O)[O-])cc1)c1nccs1. The fraction of sp³-hybridized carbons (Fsp3) is 0.286. The van der Waals surface area contributed by atoms with Gasteiger partial charge in [-0.1, -0.05) is 0 Å². The summed E-state index contributed by atoms with van der Waals surface area (Å²) in [4.78, 5) is 27.7. The molecule has 1 aromatic heterocycles. The summed E-state index contributed by atoms with van der Waals surface area (Å²) in [6.45, 7) is 0.620. The van der Waals surface area contributed by atoms with Crippen molar-refractivity contribution in [3.8, 4) is 0 Å². The van der Waals surface area contributed by atoms with Gasteiger partial charge in [0.15, 0.2) is 5.13 Å². The van der Waals surface area contributed by atoms with Gasteiger partial charge < -0.3 is 5.32 Å². The second-order valence-corrected chi connectivity index (χ2v) is 5.47. The average Bonchev–Trinajstić information content (AvgIpc) is 3.05. The lowest BCUT2D eigenvalue weighted by Gasteiger charge is -2.13. The lowest BCUT2D eigenvalue weighted by atomic mass is 10.2. The van der Waals surface area contributed by atoms with Crippen LogP contribution in [0.3, 0.4) is 0 Å². The molecule has 1 N–H and O–H groups in total. The summed E-state index contributed by atoms with van der Waals surface area (Å²) in [5.41, 5.74) is 0.858. The van der Waals surface area contributed by atoms with Crippen LogP contribution >= 0.6 is 11.3 Å². The van der Waals surface area contributed by atoms with Gasteiger partial charge in [-0.25, -0.2) is 4.98 Å². The highest BCUT2D eigenvalue weighted by Gasteiger charge is 2.12. The zero-order chi connectivity index (χ0) is 15.9. The van der Waals surface area contributed by atoms with Crippen LogP contribution in [0.5, 0.6) is 0 Å². The summed E-state index contributed by atoms with van der Waals surface area (Å²) in [5.74, 6) is 0.0143. The quantitative estimate of drug-likeness (QED) is 0.481. The Kier molecular flexibility index (Phi) is 5.42. The highest BCUT2D eigenvalue weighted by atomic mass is 32.1. The Morgan fingerprint density at radius 3 is 2.73 bits per heavy atom. The number of rotatable bonds is 7. The molecular weight excluding hydrogens is 304 g/mol. The topological polar surface area (TPSA) is 88.4 Å². The van der Waals surface area contributed by atoms with Gasteiger partial charge in [-0.2, -0.15) is 0 Å². The van der Waals surface area contributed by atoms with Crippen molar-refractivity contribution in [3.05, 3.63) is 46.0 Å². The first-order chi connectivity index (χ1) is 10.6. The van der Waals surface area contributed by atoms with Crippen molar-refractivity contribution in [2.45, 2.75) is 12.8 Å². The van der Waals surface area contributed by atoms with E-state index in [1.54, 1.807) is 30.3 Å². The predicted molar refractivity (Wildman–Crippen MR) is 86.3 cm³/mol. The number of nitro benzene ring substituents is 1. The maximum Gasteiger partial charge on any atom is 0.269 e. The number of thiazole rings is 1. The fourth-order valence-corrected chi connectivity index (χ4v) is 2.45. The monoisotopic (exact) mass is 320 g/mol. The van der Waals surface area contributed by atoms with E-state index in [1.807, 2.05) is 5.38 Å². The number of benzene rings is 1. The second kappa shape index (κ2) is 7.51. The van der Waals surface area contributed by atoms with Crippen LogP contribution in [0.2, 0.25) is 0 Å². The number of carbonyl (C=O) groups excluding carboxylic acids is 1. The molecule has 0 bridgehead atoms. The first-order valence-corrected chi connectivity index (χ1v) is 7.60. The van der Waals surface area contributed by atoms with Crippen LogP contribution in [0, 0.1) is 10.1 Å². The Morgan fingerprint density at radius 2 is 2.14 bits per heavy atom. The molecule has 0 fully saturated rings. The van der Waals surface area contributed by atoms with E-state index in [4.69, 9.17) is 0 Å². The van der Waals surface area contributed by atoms with Crippen molar-refractivity contribution in [2.24, 2.45) is 0 Å². The first-order valence-electron chi connectivity index (χ1n) is 6.72. The van der Waals surface area contributed by atoms with Crippen molar-refractivity contribution >= 4 is 33.8 Å². The van der Waals surface area contributed by atoms with Gasteiger partial charge in [-0.3, -0.25) is 19.8 Å². The normalized spacial score (nSPS) is 10.2. The molecule has 0 saturated heterocycles. The molecule has 0 spiro atoms. The van der Waals surface area contributed by atoms with Crippen LogP contribution in [0.1, 0.15) is 12.8 Å². The first kappa shape index (κ1) is 15.9. The Labute approximate surface area is 131 Å². The molecule has 0 radical (unpaired) electrons.